The molecule has 0 saturated heterocycles. The molecule has 0 aromatic heterocycles. The highest BCUT2D eigenvalue weighted by Crippen LogP contribution is 2.09. The van der Waals surface area contributed by atoms with E-state index in [-0.39, 0.29) is 12.5 Å². The zero-order valence-electron chi connectivity index (χ0n) is 10.5. The summed E-state index contributed by atoms with van der Waals surface area (Å²) in [7, 11) is 0. The Morgan fingerprint density at radius 3 is 2.61 bits per heavy atom. The number of anilines is 1. The van der Waals surface area contributed by atoms with Crippen LogP contribution in [-0.2, 0) is 0 Å². The monoisotopic (exact) mass is 248 g/mol. The van der Waals surface area contributed by atoms with Gasteiger partial charge in [0.25, 0.3) is 5.91 Å². The lowest BCUT2D eigenvalue weighted by Gasteiger charge is -2.07. The summed E-state index contributed by atoms with van der Waals surface area (Å²) in [4.78, 5) is 11.7. The number of hydrogen-bond acceptors (Lipinski definition) is 3. The van der Waals surface area contributed by atoms with Gasteiger partial charge >= 0.3 is 0 Å². The summed E-state index contributed by atoms with van der Waals surface area (Å²) in [6, 6.07) is 7.32. The van der Waals surface area contributed by atoms with Gasteiger partial charge in [0.15, 0.2) is 0 Å². The molecule has 18 heavy (non-hydrogen) atoms. The smallest absolute Gasteiger partial charge is 0.251 e. The van der Waals surface area contributed by atoms with Gasteiger partial charge in [-0.3, -0.25) is 4.79 Å². The van der Waals surface area contributed by atoms with Crippen molar-refractivity contribution in [3.63, 3.8) is 0 Å². The van der Waals surface area contributed by atoms with Crippen LogP contribution in [0, 0.1) is 0 Å². The average Bonchev–Trinajstić information content (AvgIpc) is 2.40. The van der Waals surface area contributed by atoms with E-state index in [1.165, 1.54) is 0 Å². The molecular formula is C14H20N2O2. The second-order valence-corrected chi connectivity index (χ2v) is 3.91. The van der Waals surface area contributed by atoms with Crippen LogP contribution in [0.25, 0.3) is 0 Å². The van der Waals surface area contributed by atoms with Crippen molar-refractivity contribution < 1.29 is 9.90 Å². The SMILES string of the molecule is C=CCCNc1ccc(C(=O)NCCCO)cc1. The highest BCUT2D eigenvalue weighted by atomic mass is 16.3. The Bertz CT molecular complexity index is 374. The molecule has 0 fully saturated rings. The molecule has 0 spiro atoms. The highest BCUT2D eigenvalue weighted by molar-refractivity contribution is 5.94. The van der Waals surface area contributed by atoms with Crippen LogP contribution in [0.4, 0.5) is 5.69 Å². The first kappa shape index (κ1) is 14.3. The van der Waals surface area contributed by atoms with Crippen LogP contribution in [0.3, 0.4) is 0 Å². The number of carbonyl (C=O) groups excluding carboxylic acids is 1. The summed E-state index contributed by atoms with van der Waals surface area (Å²) >= 11 is 0. The molecule has 1 aromatic rings. The Morgan fingerprint density at radius 1 is 1.28 bits per heavy atom. The summed E-state index contributed by atoms with van der Waals surface area (Å²) in [5.74, 6) is -0.110. The highest BCUT2D eigenvalue weighted by Gasteiger charge is 2.03. The molecule has 0 unspecified atom stereocenters. The number of rotatable bonds is 8. The maximum atomic E-state index is 11.7. The molecule has 0 atom stereocenters. The molecule has 4 heteroatoms. The molecule has 1 rings (SSSR count). The molecule has 0 aliphatic rings. The Balaban J connectivity index is 2.43. The summed E-state index contributed by atoms with van der Waals surface area (Å²) in [5.41, 5.74) is 1.62. The molecule has 0 aliphatic heterocycles. The molecule has 3 N–H and O–H groups in total. The molecular weight excluding hydrogens is 228 g/mol. The number of aliphatic hydroxyl groups excluding tert-OH is 1. The minimum absolute atomic E-state index is 0.0897. The lowest BCUT2D eigenvalue weighted by atomic mass is 10.2. The molecule has 0 heterocycles. The Kier molecular flexibility index (Phi) is 6.58. The third-order valence-electron chi connectivity index (χ3n) is 2.45. The number of amides is 1. The van der Waals surface area contributed by atoms with Gasteiger partial charge in [-0.2, -0.15) is 0 Å². The van der Waals surface area contributed by atoms with Crippen LogP contribution in [0.15, 0.2) is 36.9 Å². The lowest BCUT2D eigenvalue weighted by Crippen LogP contribution is -2.24. The second kappa shape index (κ2) is 8.31. The van der Waals surface area contributed by atoms with Crippen molar-refractivity contribution in [2.75, 3.05) is 25.0 Å². The first-order valence-corrected chi connectivity index (χ1v) is 6.12. The predicted molar refractivity (Wildman–Crippen MR) is 73.8 cm³/mol. The van der Waals surface area contributed by atoms with Gasteiger partial charge in [0.1, 0.15) is 0 Å². The Morgan fingerprint density at radius 2 is 2.00 bits per heavy atom. The van der Waals surface area contributed by atoms with E-state index >= 15 is 0 Å². The summed E-state index contributed by atoms with van der Waals surface area (Å²) in [6.45, 7) is 5.08. The number of aliphatic hydroxyl groups is 1. The van der Waals surface area contributed by atoms with Crippen LogP contribution < -0.4 is 10.6 Å². The van der Waals surface area contributed by atoms with Crippen LogP contribution >= 0.6 is 0 Å². The number of nitrogens with one attached hydrogen (secondary N) is 2. The van der Waals surface area contributed by atoms with Crippen LogP contribution in [0.2, 0.25) is 0 Å². The zero-order valence-corrected chi connectivity index (χ0v) is 10.5. The van der Waals surface area contributed by atoms with E-state index in [9.17, 15) is 4.79 Å². The fourth-order valence-electron chi connectivity index (χ4n) is 1.44. The van der Waals surface area contributed by atoms with Gasteiger partial charge in [0.05, 0.1) is 0 Å². The van der Waals surface area contributed by atoms with Gasteiger partial charge < -0.3 is 15.7 Å². The minimum Gasteiger partial charge on any atom is -0.396 e. The van der Waals surface area contributed by atoms with E-state index in [0.29, 0.717) is 18.5 Å². The summed E-state index contributed by atoms with van der Waals surface area (Å²) < 4.78 is 0. The van der Waals surface area contributed by atoms with E-state index in [0.717, 1.165) is 18.7 Å². The van der Waals surface area contributed by atoms with E-state index in [1.54, 1.807) is 12.1 Å². The first-order chi connectivity index (χ1) is 8.77. The van der Waals surface area contributed by atoms with Gasteiger partial charge in [-0.05, 0) is 37.1 Å². The van der Waals surface area contributed by atoms with Gasteiger partial charge in [-0.15, -0.1) is 6.58 Å². The Hall–Kier alpha value is -1.81. The fraction of sp³-hybridized carbons (Fsp3) is 0.357. The standard InChI is InChI=1S/C14H20N2O2/c1-2-3-9-15-13-7-5-12(6-8-13)14(18)16-10-4-11-17/h2,5-8,15,17H,1,3-4,9-11H2,(H,16,18). The number of benzene rings is 1. The number of hydrogen-bond donors (Lipinski definition) is 3. The van der Waals surface area contributed by atoms with Crippen molar-refractivity contribution in [2.45, 2.75) is 12.8 Å². The largest absolute Gasteiger partial charge is 0.396 e. The Labute approximate surface area is 108 Å². The van der Waals surface area contributed by atoms with E-state index in [2.05, 4.69) is 17.2 Å². The lowest BCUT2D eigenvalue weighted by molar-refractivity contribution is 0.0951. The molecule has 98 valence electrons. The predicted octanol–water partition coefficient (Wildman–Crippen LogP) is 1.79. The van der Waals surface area contributed by atoms with Crippen molar-refractivity contribution in [1.29, 1.82) is 0 Å². The van der Waals surface area contributed by atoms with Crippen molar-refractivity contribution in [3.05, 3.63) is 42.5 Å². The molecule has 1 aromatic carbocycles. The topological polar surface area (TPSA) is 61.4 Å². The zero-order chi connectivity index (χ0) is 13.2. The van der Waals surface area contributed by atoms with Crippen molar-refractivity contribution in [3.8, 4) is 0 Å². The van der Waals surface area contributed by atoms with E-state index in [4.69, 9.17) is 5.11 Å². The van der Waals surface area contributed by atoms with Gasteiger partial charge in [0.2, 0.25) is 0 Å². The minimum atomic E-state index is -0.110. The van der Waals surface area contributed by atoms with Gasteiger partial charge in [-0.1, -0.05) is 6.08 Å². The molecule has 0 aliphatic carbocycles. The molecule has 4 nitrogen and oxygen atoms in total. The fourth-order valence-corrected chi connectivity index (χ4v) is 1.44. The maximum absolute atomic E-state index is 11.7. The number of carbonyl (C=O) groups is 1. The van der Waals surface area contributed by atoms with Crippen LogP contribution in [0.1, 0.15) is 23.2 Å². The quantitative estimate of drug-likeness (QED) is 0.485. The molecule has 0 radical (unpaired) electrons. The third-order valence-corrected chi connectivity index (χ3v) is 2.45. The van der Waals surface area contributed by atoms with Gasteiger partial charge in [-0.25, -0.2) is 0 Å². The summed E-state index contributed by atoms with van der Waals surface area (Å²) in [5, 5.41) is 14.6. The summed E-state index contributed by atoms with van der Waals surface area (Å²) in [6.07, 6.45) is 3.34. The normalized spacial score (nSPS) is 9.83. The average molecular weight is 248 g/mol. The van der Waals surface area contributed by atoms with Gasteiger partial charge in [0, 0.05) is 30.9 Å². The molecule has 0 bridgehead atoms. The molecule has 0 saturated carbocycles. The maximum Gasteiger partial charge on any atom is 0.251 e. The van der Waals surface area contributed by atoms with Crippen LogP contribution in [-0.4, -0.2) is 30.7 Å². The first-order valence-electron chi connectivity index (χ1n) is 6.12. The molecule has 1 amide bonds. The van der Waals surface area contributed by atoms with Crippen molar-refractivity contribution in [2.24, 2.45) is 0 Å². The third kappa shape index (κ3) is 5.01. The second-order valence-electron chi connectivity index (χ2n) is 3.91. The van der Waals surface area contributed by atoms with E-state index in [1.807, 2.05) is 18.2 Å². The van der Waals surface area contributed by atoms with Crippen LogP contribution in [0.5, 0.6) is 0 Å². The van der Waals surface area contributed by atoms with E-state index < -0.39 is 0 Å². The van der Waals surface area contributed by atoms with Crippen molar-refractivity contribution >= 4 is 11.6 Å². The van der Waals surface area contributed by atoms with Crippen molar-refractivity contribution in [1.82, 2.24) is 5.32 Å².